The molecule has 4 atom stereocenters. The van der Waals surface area contributed by atoms with Crippen molar-refractivity contribution in [2.24, 2.45) is 11.8 Å². The van der Waals surface area contributed by atoms with Crippen LogP contribution < -0.4 is 16.0 Å². The van der Waals surface area contributed by atoms with Crippen molar-refractivity contribution in [2.75, 3.05) is 0 Å². The third kappa shape index (κ3) is 9.94. The van der Waals surface area contributed by atoms with Crippen molar-refractivity contribution in [3.63, 3.8) is 0 Å². The summed E-state index contributed by atoms with van der Waals surface area (Å²) in [6.45, 7) is 8.68. The van der Waals surface area contributed by atoms with Gasteiger partial charge < -0.3 is 30.8 Å². The molecule has 1 rings (SSSR count). The Morgan fingerprint density at radius 1 is 0.970 bits per heavy atom. The van der Waals surface area contributed by atoms with Crippen LogP contribution in [0.15, 0.2) is 24.3 Å². The molecule has 0 aliphatic carbocycles. The van der Waals surface area contributed by atoms with E-state index in [0.29, 0.717) is 12.0 Å². The summed E-state index contributed by atoms with van der Waals surface area (Å²) in [5, 5.41) is 17.0. The van der Waals surface area contributed by atoms with Gasteiger partial charge in [0.05, 0.1) is 0 Å². The van der Waals surface area contributed by atoms with E-state index in [9.17, 15) is 33.8 Å². The number of nitrogens with one attached hydrogen (secondary N) is 3. The molecule has 1 aromatic rings. The highest BCUT2D eigenvalue weighted by Gasteiger charge is 2.35. The van der Waals surface area contributed by atoms with E-state index in [-0.39, 0.29) is 36.3 Å². The highest BCUT2D eigenvalue weighted by atomic mass is 31.2. The fourth-order valence-corrected chi connectivity index (χ4v) is 4.00. The number of carbonyl (C=O) groups is 3. The van der Waals surface area contributed by atoms with Crippen LogP contribution in [0.4, 0.5) is 0 Å². The predicted molar refractivity (Wildman–Crippen MR) is 124 cm³/mol. The molecular weight excluding hydrogens is 449 g/mol. The third-order valence-corrected chi connectivity index (χ3v) is 6.40. The van der Waals surface area contributed by atoms with Crippen LogP contribution in [0.25, 0.3) is 0 Å². The van der Waals surface area contributed by atoms with Crippen molar-refractivity contribution in [1.29, 1.82) is 0 Å². The Labute approximate surface area is 194 Å². The normalized spacial score (nSPS) is 15.3. The van der Waals surface area contributed by atoms with Gasteiger partial charge in [-0.15, -0.1) is 0 Å². The van der Waals surface area contributed by atoms with Gasteiger partial charge in [0.25, 0.3) is 0 Å². The number of aromatic hydroxyl groups is 1. The lowest BCUT2D eigenvalue weighted by molar-refractivity contribution is -0.133. The Kier molecular flexibility index (Phi) is 11.0. The van der Waals surface area contributed by atoms with Crippen LogP contribution in [0.5, 0.6) is 5.75 Å². The van der Waals surface area contributed by atoms with Crippen LogP contribution in [0.3, 0.4) is 0 Å². The lowest BCUT2D eigenvalue weighted by atomic mass is 9.96. The molecule has 0 radical (unpaired) electrons. The number of phenolic OH excluding ortho intramolecular Hbond substituents is 1. The zero-order valence-electron chi connectivity index (χ0n) is 19.7. The summed E-state index contributed by atoms with van der Waals surface area (Å²) < 4.78 is 12.1. The van der Waals surface area contributed by atoms with E-state index in [2.05, 4.69) is 16.0 Å². The summed E-state index contributed by atoms with van der Waals surface area (Å²) in [4.78, 5) is 57.0. The van der Waals surface area contributed by atoms with Gasteiger partial charge in [-0.1, -0.05) is 46.2 Å². The molecule has 3 amide bonds. The molecule has 186 valence electrons. The zero-order valence-corrected chi connectivity index (χ0v) is 20.6. The molecule has 33 heavy (non-hydrogen) atoms. The molecule has 0 bridgehead atoms. The number of rotatable bonds is 12. The Hall–Kier alpha value is -2.42. The second-order valence-corrected chi connectivity index (χ2v) is 10.5. The maximum atomic E-state index is 13.0. The van der Waals surface area contributed by atoms with Crippen LogP contribution in [-0.4, -0.2) is 50.5 Å². The molecule has 0 unspecified atom stereocenters. The summed E-state index contributed by atoms with van der Waals surface area (Å²) in [5.74, 6) is -3.34. The second-order valence-electron chi connectivity index (χ2n) is 8.74. The lowest BCUT2D eigenvalue weighted by Gasteiger charge is -2.28. The van der Waals surface area contributed by atoms with Gasteiger partial charge in [0.15, 0.2) is 0 Å². The molecule has 10 nitrogen and oxygen atoms in total. The predicted octanol–water partition coefficient (Wildman–Crippen LogP) is 1.64. The lowest BCUT2D eigenvalue weighted by Crippen LogP contribution is -2.56. The van der Waals surface area contributed by atoms with Crippen molar-refractivity contribution >= 4 is 25.3 Å². The third-order valence-electron chi connectivity index (χ3n) is 5.27. The average Bonchev–Trinajstić information content (AvgIpc) is 2.70. The monoisotopic (exact) mass is 485 g/mol. The number of hydrogen-bond acceptors (Lipinski definition) is 5. The van der Waals surface area contributed by atoms with Gasteiger partial charge in [-0.3, -0.25) is 18.9 Å². The first-order valence-corrected chi connectivity index (χ1v) is 12.6. The minimum absolute atomic E-state index is 0.00487. The molecule has 0 saturated carbocycles. The van der Waals surface area contributed by atoms with Crippen LogP contribution in [0.2, 0.25) is 0 Å². The van der Waals surface area contributed by atoms with Gasteiger partial charge >= 0.3 is 7.60 Å². The van der Waals surface area contributed by atoms with E-state index in [0.717, 1.165) is 0 Å². The summed E-state index contributed by atoms with van der Waals surface area (Å²) in [5.41, 5.74) is 0.508. The summed E-state index contributed by atoms with van der Waals surface area (Å²) in [7, 11) is -4.74. The molecule has 0 heterocycles. The molecule has 0 saturated heterocycles. The molecule has 1 aromatic carbocycles. The van der Waals surface area contributed by atoms with Crippen molar-refractivity contribution in [2.45, 2.75) is 71.7 Å². The topological polar surface area (TPSA) is 165 Å². The van der Waals surface area contributed by atoms with Gasteiger partial charge in [0, 0.05) is 13.3 Å². The smallest absolute Gasteiger partial charge is 0.347 e. The fraction of sp³-hybridized carbons (Fsp3) is 0.591. The quantitative estimate of drug-likeness (QED) is 0.245. The average molecular weight is 486 g/mol. The number of phenols is 1. The molecule has 0 aromatic heterocycles. The van der Waals surface area contributed by atoms with Crippen molar-refractivity contribution in [1.82, 2.24) is 16.0 Å². The highest BCUT2D eigenvalue weighted by molar-refractivity contribution is 7.52. The summed E-state index contributed by atoms with van der Waals surface area (Å²) in [6.07, 6.45) is 0.685. The van der Waals surface area contributed by atoms with Crippen LogP contribution >= 0.6 is 7.60 Å². The van der Waals surface area contributed by atoms with E-state index in [4.69, 9.17) is 0 Å². The van der Waals surface area contributed by atoms with Crippen molar-refractivity contribution < 1.29 is 33.8 Å². The van der Waals surface area contributed by atoms with Gasteiger partial charge in [-0.2, -0.15) is 0 Å². The highest BCUT2D eigenvalue weighted by Crippen LogP contribution is 2.41. The van der Waals surface area contributed by atoms with E-state index in [1.165, 1.54) is 31.2 Å². The number of amides is 3. The number of hydrogen-bond donors (Lipinski definition) is 6. The molecule has 6 N–H and O–H groups in total. The molecule has 0 spiro atoms. The van der Waals surface area contributed by atoms with Gasteiger partial charge in [-0.25, -0.2) is 0 Å². The fourth-order valence-electron chi connectivity index (χ4n) is 3.26. The summed E-state index contributed by atoms with van der Waals surface area (Å²) >= 11 is 0. The standard InChI is InChI=1S/C22H36N3O7P/c1-6-14(4)20(23-15(5)26)22(29)24-18(11-13(2)3)21(28)25-19(33(30,31)32)12-16-7-9-17(27)10-8-16/h7-10,13-14,18-20,27H,6,11-12H2,1-5H3,(H,23,26)(H,24,29)(H,25,28)(H2,30,31,32)/t14-,18-,19+,20-/m0/s1. The van der Waals surface area contributed by atoms with E-state index >= 15 is 0 Å². The Morgan fingerprint density at radius 3 is 2.00 bits per heavy atom. The van der Waals surface area contributed by atoms with Gasteiger partial charge in [0.1, 0.15) is 23.6 Å². The van der Waals surface area contributed by atoms with Gasteiger partial charge in [0.2, 0.25) is 17.7 Å². The molecule has 0 aliphatic rings. The first kappa shape index (κ1) is 28.6. The van der Waals surface area contributed by atoms with Crippen molar-refractivity contribution in [3.05, 3.63) is 29.8 Å². The Balaban J connectivity index is 3.07. The minimum atomic E-state index is -4.74. The van der Waals surface area contributed by atoms with Crippen molar-refractivity contribution in [3.8, 4) is 5.75 Å². The van der Waals surface area contributed by atoms with E-state index in [1.807, 2.05) is 20.8 Å². The molecule has 0 fully saturated rings. The zero-order chi connectivity index (χ0) is 25.3. The molecular formula is C22H36N3O7P. The molecule has 0 aliphatic heterocycles. The van der Waals surface area contributed by atoms with Crippen LogP contribution in [0, 0.1) is 11.8 Å². The van der Waals surface area contributed by atoms with Gasteiger partial charge in [-0.05, 0) is 36.0 Å². The maximum absolute atomic E-state index is 13.0. The minimum Gasteiger partial charge on any atom is -0.508 e. The first-order chi connectivity index (χ1) is 15.2. The molecule has 11 heteroatoms. The maximum Gasteiger partial charge on any atom is 0.347 e. The van der Waals surface area contributed by atoms with Crippen LogP contribution in [-0.2, 0) is 25.4 Å². The second kappa shape index (κ2) is 12.7. The Bertz CT molecular complexity index is 854. The SMILES string of the molecule is CC[C@H](C)[C@H](NC(C)=O)C(=O)N[C@@H](CC(C)C)C(=O)N[C@@H](Cc1ccc(O)cc1)P(=O)(O)O. The number of carbonyl (C=O) groups excluding carboxylic acids is 3. The van der Waals surface area contributed by atoms with Crippen LogP contribution in [0.1, 0.15) is 53.0 Å². The first-order valence-electron chi connectivity index (χ1n) is 11.0. The van der Waals surface area contributed by atoms with E-state index < -0.39 is 37.3 Å². The largest absolute Gasteiger partial charge is 0.508 e. The number of benzene rings is 1. The van der Waals surface area contributed by atoms with E-state index in [1.54, 1.807) is 6.92 Å². The Morgan fingerprint density at radius 2 is 1.55 bits per heavy atom. The summed E-state index contributed by atoms with van der Waals surface area (Å²) in [6, 6.07) is 3.87.